The second-order valence-electron chi connectivity index (χ2n) is 6.26. The van der Waals surface area contributed by atoms with Crippen LogP contribution in [0.5, 0.6) is 0 Å². The summed E-state index contributed by atoms with van der Waals surface area (Å²) in [5.41, 5.74) is 0. The predicted octanol–water partition coefficient (Wildman–Crippen LogP) is 2.27. The van der Waals surface area contributed by atoms with Crippen LogP contribution in [0.15, 0.2) is 12.2 Å². The van der Waals surface area contributed by atoms with Crippen molar-refractivity contribution in [2.75, 3.05) is 65.6 Å². The summed E-state index contributed by atoms with van der Waals surface area (Å²) in [6.07, 6.45) is 9.84. The SMILES string of the molecule is C.CS(=O)(=O)SC/C=C\CSS(C)(=O)=O.CS(=O)(=O)SCCSS(C)(=O)=O.CS(=O)(=O)SCSS(C)(=O)=O. The highest BCUT2D eigenvalue weighted by Gasteiger charge is 2.08. The maximum Gasteiger partial charge on any atom is 0.199 e. The lowest BCUT2D eigenvalue weighted by Gasteiger charge is -1.96. The highest BCUT2D eigenvalue weighted by atomic mass is 33.2. The Kier molecular flexibility index (Phi) is 26.0. The predicted molar refractivity (Wildman–Crippen MR) is 175 cm³/mol. The van der Waals surface area contributed by atoms with E-state index in [-0.39, 0.29) is 12.5 Å². The van der Waals surface area contributed by atoms with Crippen molar-refractivity contribution in [1.82, 2.24) is 0 Å². The van der Waals surface area contributed by atoms with Crippen LogP contribution in [0.4, 0.5) is 0 Å². The Bertz CT molecular complexity index is 1220. The quantitative estimate of drug-likeness (QED) is 0.101. The fourth-order valence-corrected chi connectivity index (χ4v) is 14.2. The Labute approximate surface area is 251 Å². The molecule has 234 valence electrons. The van der Waals surface area contributed by atoms with Crippen LogP contribution in [0.25, 0.3) is 0 Å². The fourth-order valence-electron chi connectivity index (χ4n) is 1.03. The summed E-state index contributed by atoms with van der Waals surface area (Å²) < 4.78 is 127. The van der Waals surface area contributed by atoms with Gasteiger partial charge in [0.1, 0.15) is 0 Å². The molecule has 0 atom stereocenters. The van der Waals surface area contributed by atoms with Crippen molar-refractivity contribution in [3.63, 3.8) is 0 Å². The van der Waals surface area contributed by atoms with Gasteiger partial charge in [0, 0.05) is 60.5 Å². The highest BCUT2D eigenvalue weighted by molar-refractivity contribution is 8.80. The Morgan fingerprint density at radius 2 is 0.605 bits per heavy atom. The van der Waals surface area contributed by atoms with E-state index in [1.54, 1.807) is 12.2 Å². The van der Waals surface area contributed by atoms with Crippen LogP contribution >= 0.6 is 64.8 Å². The molecule has 0 aliphatic heterocycles. The minimum atomic E-state index is -3.12. The van der Waals surface area contributed by atoms with Crippen LogP contribution in [0, 0.1) is 0 Å². The minimum Gasteiger partial charge on any atom is -0.218 e. The van der Waals surface area contributed by atoms with E-state index in [9.17, 15) is 50.5 Å². The molecule has 0 aliphatic carbocycles. The third-order valence-electron chi connectivity index (χ3n) is 2.13. The summed E-state index contributed by atoms with van der Waals surface area (Å²) >= 11 is 0. The van der Waals surface area contributed by atoms with Crippen molar-refractivity contribution in [3.05, 3.63) is 12.2 Å². The Hall–Kier alpha value is 1.54. The van der Waals surface area contributed by atoms with Crippen LogP contribution in [-0.4, -0.2) is 116 Å². The van der Waals surface area contributed by atoms with Gasteiger partial charge in [-0.05, 0) is 64.8 Å². The van der Waals surface area contributed by atoms with E-state index in [1.807, 2.05) is 0 Å². The number of rotatable bonds is 15. The molecule has 24 heteroatoms. The molecule has 12 nitrogen and oxygen atoms in total. The van der Waals surface area contributed by atoms with E-state index in [0.29, 0.717) is 44.6 Å². The molecule has 0 amide bonds. The topological polar surface area (TPSA) is 205 Å². The summed E-state index contributed by atoms with van der Waals surface area (Å²) in [5, 5.41) is 0.0255. The molecule has 0 aliphatic rings. The molecule has 0 saturated heterocycles. The minimum absolute atomic E-state index is 0. The maximum atomic E-state index is 10.7. The van der Waals surface area contributed by atoms with Crippen LogP contribution < -0.4 is 0 Å². The first-order valence-corrected chi connectivity index (χ1v) is 29.2. The molecule has 0 rings (SSSR count). The largest absolute Gasteiger partial charge is 0.218 e. The molecular formula is C14H34O12S12. The zero-order valence-corrected chi connectivity index (χ0v) is 30.3. The molecule has 0 spiro atoms. The first kappa shape index (κ1) is 46.5. The van der Waals surface area contributed by atoms with E-state index in [1.165, 1.54) is 0 Å². The van der Waals surface area contributed by atoms with Gasteiger partial charge in [0.05, 0.1) is 5.08 Å². The molecule has 0 saturated carbocycles. The number of hydrogen-bond acceptors (Lipinski definition) is 18. The lowest BCUT2D eigenvalue weighted by Crippen LogP contribution is -1.96. The van der Waals surface area contributed by atoms with Crippen LogP contribution in [0.1, 0.15) is 7.43 Å². The van der Waals surface area contributed by atoms with Gasteiger partial charge in [-0.2, -0.15) is 0 Å². The second-order valence-corrected chi connectivity index (χ2v) is 33.7. The van der Waals surface area contributed by atoms with Crippen molar-refractivity contribution in [2.24, 2.45) is 0 Å². The van der Waals surface area contributed by atoms with Gasteiger partial charge in [-0.25, -0.2) is 50.5 Å². The molecule has 0 bridgehead atoms. The van der Waals surface area contributed by atoms with Crippen LogP contribution in [-0.2, 0) is 53.2 Å². The van der Waals surface area contributed by atoms with Crippen molar-refractivity contribution < 1.29 is 50.5 Å². The molecule has 0 fully saturated rings. The van der Waals surface area contributed by atoms with Gasteiger partial charge < -0.3 is 0 Å². The Morgan fingerprint density at radius 1 is 0.395 bits per heavy atom. The molecule has 0 aromatic rings. The van der Waals surface area contributed by atoms with Crippen LogP contribution in [0.3, 0.4) is 0 Å². The summed E-state index contributed by atoms with van der Waals surface area (Å²) in [5.74, 6) is 1.31. The van der Waals surface area contributed by atoms with Gasteiger partial charge in [0.25, 0.3) is 0 Å². The van der Waals surface area contributed by atoms with E-state index < -0.39 is 53.2 Å². The van der Waals surface area contributed by atoms with Gasteiger partial charge >= 0.3 is 0 Å². The van der Waals surface area contributed by atoms with Gasteiger partial charge in [-0.3, -0.25) is 0 Å². The molecule has 0 aromatic carbocycles. The van der Waals surface area contributed by atoms with Gasteiger partial charge in [-0.1, -0.05) is 19.6 Å². The van der Waals surface area contributed by atoms with E-state index in [4.69, 9.17) is 0 Å². The Balaban J connectivity index is -0.000000227. The Morgan fingerprint density at radius 3 is 0.789 bits per heavy atom. The standard InChI is InChI=1S/C6H12O4S4.C4H10O4S4.C3H8O4S4.CH4/c1-13(7,8)11-5-3-4-6-12-14(2,9)10;1-11(5,6)9-3-4-10-12(2,7)8;1-10(4,5)8-3-9-11(2,6)7;/h3-4H,5-6H2,1-2H3;3-4H2,1-2H3;3H2,1-2H3;1H4/b4-3-;;;. The van der Waals surface area contributed by atoms with Crippen LogP contribution in [0.2, 0.25) is 0 Å². The molecule has 0 aromatic heterocycles. The molecule has 0 heterocycles. The van der Waals surface area contributed by atoms with Crippen molar-refractivity contribution in [2.45, 2.75) is 7.43 Å². The summed E-state index contributed by atoms with van der Waals surface area (Å²) in [7, 11) is -13.9. The lowest BCUT2D eigenvalue weighted by molar-refractivity contribution is 0.613. The maximum absolute atomic E-state index is 10.7. The third-order valence-corrected chi connectivity index (χ3v) is 18.4. The van der Waals surface area contributed by atoms with Gasteiger partial charge in [-0.15, -0.1) is 0 Å². The average Bonchev–Trinajstić information content (AvgIpc) is 2.57. The average molecular weight is 779 g/mol. The lowest BCUT2D eigenvalue weighted by atomic mass is 10.6. The monoisotopic (exact) mass is 778 g/mol. The number of hydrogen-bond donors (Lipinski definition) is 0. The van der Waals surface area contributed by atoms with Crippen molar-refractivity contribution >= 4 is 118 Å². The van der Waals surface area contributed by atoms with Crippen molar-refractivity contribution in [1.29, 1.82) is 0 Å². The highest BCUT2D eigenvalue weighted by Crippen LogP contribution is 2.21. The molecule has 0 unspecified atom stereocenters. The van der Waals surface area contributed by atoms with Gasteiger partial charge in [0.2, 0.25) is 0 Å². The smallest absolute Gasteiger partial charge is 0.199 e. The first-order chi connectivity index (χ1) is 16.1. The molecule has 0 radical (unpaired) electrons. The zero-order valence-electron chi connectivity index (χ0n) is 20.5. The summed E-state index contributed by atoms with van der Waals surface area (Å²) in [6, 6.07) is 0. The zero-order chi connectivity index (χ0) is 30.2. The molecule has 0 N–H and O–H groups in total. The first-order valence-electron chi connectivity index (χ1n) is 8.83. The van der Waals surface area contributed by atoms with E-state index in [0.717, 1.165) is 80.7 Å². The summed E-state index contributed by atoms with van der Waals surface area (Å²) in [6.45, 7) is 0. The van der Waals surface area contributed by atoms with Crippen molar-refractivity contribution in [3.8, 4) is 0 Å². The third kappa shape index (κ3) is 57.4. The molecular weight excluding hydrogens is 745 g/mol. The normalized spacial score (nSPS) is 13.0. The summed E-state index contributed by atoms with van der Waals surface area (Å²) in [4.78, 5) is 0. The molecule has 38 heavy (non-hydrogen) atoms. The second kappa shape index (κ2) is 21.3. The fraction of sp³-hybridized carbons (Fsp3) is 0.857. The van der Waals surface area contributed by atoms with E-state index >= 15 is 0 Å². The van der Waals surface area contributed by atoms with Gasteiger partial charge in [0.15, 0.2) is 53.2 Å². The van der Waals surface area contributed by atoms with E-state index in [2.05, 4.69) is 0 Å².